The summed E-state index contributed by atoms with van der Waals surface area (Å²) in [5.74, 6) is 5.16. The summed E-state index contributed by atoms with van der Waals surface area (Å²) >= 11 is 0. The molecular weight excluding hydrogens is 863 g/mol. The summed E-state index contributed by atoms with van der Waals surface area (Å²) in [5.41, 5.74) is 13.0. The summed E-state index contributed by atoms with van der Waals surface area (Å²) < 4.78 is 0. The van der Waals surface area contributed by atoms with Crippen molar-refractivity contribution in [2.24, 2.45) is 17.8 Å². The molecule has 12 rings (SSSR count). The van der Waals surface area contributed by atoms with E-state index in [2.05, 4.69) is 195 Å². The number of piperidine rings is 2. The zero-order valence-corrected chi connectivity index (χ0v) is 42.2. The average Bonchev–Trinajstić information content (AvgIpc) is 4.19. The lowest BCUT2D eigenvalue weighted by atomic mass is 9.75. The molecule has 6 aromatic carbocycles. The van der Waals surface area contributed by atoms with Gasteiger partial charge in [-0.3, -0.25) is 4.90 Å². The highest BCUT2D eigenvalue weighted by molar-refractivity contribution is 5.88. The van der Waals surface area contributed by atoms with Gasteiger partial charge in [-0.25, -0.2) is 0 Å². The van der Waals surface area contributed by atoms with Crippen LogP contribution >= 0.6 is 0 Å². The summed E-state index contributed by atoms with van der Waals surface area (Å²) in [4.78, 5) is 15.0. The number of H-pyrrole nitrogens is 1. The highest BCUT2D eigenvalue weighted by Crippen LogP contribution is 2.43. The van der Waals surface area contributed by atoms with Crippen LogP contribution in [0.15, 0.2) is 170 Å². The van der Waals surface area contributed by atoms with Crippen molar-refractivity contribution in [1.29, 1.82) is 0 Å². The molecule has 5 aliphatic rings. The molecule has 0 amide bonds. The largest absolute Gasteiger partial charge is 0.361 e. The third kappa shape index (κ3) is 10.8. The first-order chi connectivity index (χ1) is 35.1. The van der Waals surface area contributed by atoms with E-state index in [9.17, 15) is 0 Å². The van der Waals surface area contributed by atoms with Crippen LogP contribution in [0.25, 0.3) is 22.0 Å². The highest BCUT2D eigenvalue weighted by atomic mass is 15.2. The lowest BCUT2D eigenvalue weighted by Crippen LogP contribution is -2.38. The topological polar surface area (TPSA) is 28.8 Å². The van der Waals surface area contributed by atoms with Gasteiger partial charge in [-0.05, 0) is 163 Å². The molecule has 366 valence electrons. The molecule has 71 heavy (non-hydrogen) atoms. The van der Waals surface area contributed by atoms with Crippen molar-refractivity contribution in [2.45, 2.75) is 87.5 Å². The molecule has 5 heterocycles. The van der Waals surface area contributed by atoms with Gasteiger partial charge in [0.25, 0.3) is 0 Å². The predicted molar refractivity (Wildman–Crippen MR) is 295 cm³/mol. The molecule has 4 aliphatic heterocycles. The molecule has 5 fully saturated rings. The van der Waals surface area contributed by atoms with Gasteiger partial charge in [-0.1, -0.05) is 158 Å². The van der Waals surface area contributed by atoms with Crippen LogP contribution in [-0.2, 0) is 6.54 Å². The van der Waals surface area contributed by atoms with Crippen LogP contribution in [0.4, 0.5) is 0 Å². The average molecular weight is 940 g/mol. The molecule has 0 radical (unpaired) electrons. The van der Waals surface area contributed by atoms with Gasteiger partial charge in [0.15, 0.2) is 0 Å². The molecular formula is C66H77N5. The molecule has 6 atom stereocenters. The standard InChI is InChI=1S/C66H77N5/c1-5-15-49(16-6-1)52-30-35-68(36-31-52)43-61-46-71(47-64(61)55-21-11-4-12-22-55)42-60-40-59(39-57-29-34-67-66(57)60)51-25-27-56(28-26-51)65-48-70(41-58-23-13-14-24-63(58)54-19-9-3-10-20-54)45-62(65)44-69-37-32-53(33-38-69)50-17-7-2-8-18-50/h1-12,15-22,25-29,34,39-40,52-53,58,61-65,67H,13-14,23-24,30-33,35-38,41-48H2/t58-,61+,62+,63+,64-,65-/m1/s1. The van der Waals surface area contributed by atoms with Crippen molar-refractivity contribution in [3.05, 3.63) is 203 Å². The van der Waals surface area contributed by atoms with Crippen LogP contribution < -0.4 is 0 Å². The summed E-state index contributed by atoms with van der Waals surface area (Å²) in [7, 11) is 0. The van der Waals surface area contributed by atoms with E-state index in [-0.39, 0.29) is 0 Å². The quantitative estimate of drug-likeness (QED) is 0.118. The van der Waals surface area contributed by atoms with E-state index in [1.807, 2.05) is 0 Å². The second-order valence-electron chi connectivity index (χ2n) is 22.8. The van der Waals surface area contributed by atoms with Crippen LogP contribution in [0.3, 0.4) is 0 Å². The smallest absolute Gasteiger partial charge is 0.0500 e. The Hall–Kier alpha value is -5.30. The number of nitrogens with one attached hydrogen (secondary N) is 1. The van der Waals surface area contributed by atoms with Gasteiger partial charge in [0.2, 0.25) is 0 Å². The maximum atomic E-state index is 3.67. The molecule has 0 spiro atoms. The number of aromatic nitrogens is 1. The number of hydrogen-bond donors (Lipinski definition) is 1. The fourth-order valence-corrected chi connectivity index (χ4v) is 14.6. The van der Waals surface area contributed by atoms with E-state index in [1.54, 1.807) is 5.56 Å². The number of rotatable bonds is 14. The minimum Gasteiger partial charge on any atom is -0.361 e. The molecule has 7 aromatic rings. The number of likely N-dealkylation sites (tertiary alicyclic amines) is 4. The van der Waals surface area contributed by atoms with Crippen LogP contribution in [-0.4, -0.2) is 96.6 Å². The van der Waals surface area contributed by atoms with Crippen molar-refractivity contribution in [3.8, 4) is 11.1 Å². The minimum absolute atomic E-state index is 0.544. The van der Waals surface area contributed by atoms with Crippen LogP contribution in [0.1, 0.15) is 114 Å². The van der Waals surface area contributed by atoms with Gasteiger partial charge in [-0.15, -0.1) is 0 Å². The van der Waals surface area contributed by atoms with Crippen molar-refractivity contribution >= 4 is 10.9 Å². The first-order valence-corrected chi connectivity index (χ1v) is 27.9. The van der Waals surface area contributed by atoms with Gasteiger partial charge in [0.1, 0.15) is 0 Å². The SMILES string of the molecule is c1ccc(C2CCN(C[C@H]3CN(Cc4cc(-c5ccc([C@H]6CN(C[C@H]7CCCC[C@H]7c7ccccc7)C[C@@H]6CN6CCC(c7ccccc7)CC6)cc5)cc5cc[nH]c45)C[C@@H]3c3ccccc3)CC2)cc1. The molecule has 5 heteroatoms. The van der Waals surface area contributed by atoms with E-state index in [0.717, 1.165) is 25.6 Å². The van der Waals surface area contributed by atoms with Crippen LogP contribution in [0, 0.1) is 17.8 Å². The fraction of sp³-hybridized carbons (Fsp3) is 0.424. The van der Waals surface area contributed by atoms with E-state index in [1.165, 1.54) is 160 Å². The summed E-state index contributed by atoms with van der Waals surface area (Å²) in [5, 5.41) is 1.32. The molecule has 0 bridgehead atoms. The second kappa shape index (κ2) is 21.8. The molecule has 1 aliphatic carbocycles. The van der Waals surface area contributed by atoms with Crippen molar-refractivity contribution in [2.75, 3.05) is 72.0 Å². The van der Waals surface area contributed by atoms with Gasteiger partial charge >= 0.3 is 0 Å². The van der Waals surface area contributed by atoms with Crippen LogP contribution in [0.2, 0.25) is 0 Å². The number of fused-ring (bicyclic) bond motifs is 1. The first kappa shape index (κ1) is 46.8. The Morgan fingerprint density at radius 2 is 0.859 bits per heavy atom. The van der Waals surface area contributed by atoms with E-state index in [0.29, 0.717) is 41.4 Å². The van der Waals surface area contributed by atoms with Gasteiger partial charge in [0, 0.05) is 81.3 Å². The maximum absolute atomic E-state index is 3.67. The fourth-order valence-electron chi connectivity index (χ4n) is 14.6. The van der Waals surface area contributed by atoms with Crippen molar-refractivity contribution in [1.82, 2.24) is 24.6 Å². The normalized spacial score (nSPS) is 25.6. The zero-order chi connectivity index (χ0) is 47.3. The minimum atomic E-state index is 0.544. The number of hydrogen-bond acceptors (Lipinski definition) is 4. The Morgan fingerprint density at radius 3 is 1.44 bits per heavy atom. The highest BCUT2D eigenvalue weighted by Gasteiger charge is 2.39. The lowest BCUT2D eigenvalue weighted by molar-refractivity contribution is 0.170. The van der Waals surface area contributed by atoms with Gasteiger partial charge < -0.3 is 19.7 Å². The zero-order valence-electron chi connectivity index (χ0n) is 42.2. The second-order valence-corrected chi connectivity index (χ2v) is 22.8. The molecule has 1 saturated carbocycles. The van der Waals surface area contributed by atoms with E-state index >= 15 is 0 Å². The Bertz CT molecular complexity index is 2740. The Kier molecular flexibility index (Phi) is 14.4. The Morgan fingerprint density at radius 1 is 0.380 bits per heavy atom. The Labute approximate surface area is 425 Å². The first-order valence-electron chi connectivity index (χ1n) is 27.9. The van der Waals surface area contributed by atoms with E-state index in [4.69, 9.17) is 0 Å². The molecule has 0 unspecified atom stereocenters. The van der Waals surface area contributed by atoms with Crippen molar-refractivity contribution in [3.63, 3.8) is 0 Å². The van der Waals surface area contributed by atoms with E-state index < -0.39 is 0 Å². The number of aromatic amines is 1. The Balaban J connectivity index is 0.754. The molecule has 1 N–H and O–H groups in total. The third-order valence-electron chi connectivity index (χ3n) is 18.4. The lowest BCUT2D eigenvalue weighted by Gasteiger charge is -2.35. The molecule has 5 nitrogen and oxygen atoms in total. The van der Waals surface area contributed by atoms with Gasteiger partial charge in [0.05, 0.1) is 0 Å². The predicted octanol–water partition coefficient (Wildman–Crippen LogP) is 13.8. The maximum Gasteiger partial charge on any atom is 0.0500 e. The number of benzene rings is 6. The summed E-state index contributed by atoms with van der Waals surface area (Å²) in [6.45, 7) is 14.0. The number of nitrogens with zero attached hydrogens (tertiary/aromatic N) is 4. The third-order valence-corrected chi connectivity index (χ3v) is 18.4. The molecule has 4 saturated heterocycles. The summed E-state index contributed by atoms with van der Waals surface area (Å²) in [6, 6.07) is 62.6. The van der Waals surface area contributed by atoms with Crippen LogP contribution in [0.5, 0.6) is 0 Å². The van der Waals surface area contributed by atoms with Gasteiger partial charge in [-0.2, -0.15) is 0 Å². The summed E-state index contributed by atoms with van der Waals surface area (Å²) in [6.07, 6.45) is 12.7. The monoisotopic (exact) mass is 940 g/mol. The van der Waals surface area contributed by atoms with Crippen molar-refractivity contribution < 1.29 is 0 Å². The molecule has 1 aromatic heterocycles.